The Kier molecular flexibility index (Phi) is 15.6. The van der Waals surface area contributed by atoms with Crippen LogP contribution >= 0.6 is 0 Å². The van der Waals surface area contributed by atoms with E-state index in [0.29, 0.717) is 79.8 Å². The van der Waals surface area contributed by atoms with Crippen LogP contribution in [0.15, 0.2) is 75.8 Å². The summed E-state index contributed by atoms with van der Waals surface area (Å²) in [7, 11) is 6.66. The van der Waals surface area contributed by atoms with Crippen molar-refractivity contribution in [3.63, 3.8) is 0 Å². The van der Waals surface area contributed by atoms with Gasteiger partial charge >= 0.3 is 0 Å². The Labute approximate surface area is 387 Å². The highest BCUT2D eigenvalue weighted by Gasteiger charge is 2.45. The molecule has 14 nitrogen and oxygen atoms in total. The number of hydrogen-bond acceptors (Lipinski definition) is 13. The Balaban J connectivity index is 1.16. The Morgan fingerprint density at radius 1 is 0.803 bits per heavy atom. The number of carbonyl (C=O) groups is 1. The van der Waals surface area contributed by atoms with Gasteiger partial charge in [-0.15, -0.1) is 0 Å². The van der Waals surface area contributed by atoms with Crippen LogP contribution in [0.3, 0.4) is 0 Å². The van der Waals surface area contributed by atoms with Crippen LogP contribution in [0.2, 0.25) is 0 Å². The quantitative estimate of drug-likeness (QED) is 0.0935. The van der Waals surface area contributed by atoms with Gasteiger partial charge in [-0.2, -0.15) is 0 Å². The highest BCUT2D eigenvalue weighted by Crippen LogP contribution is 2.50. The average molecular weight is 911 g/mol. The molecule has 0 unspecified atom stereocenters. The topological polar surface area (TPSA) is 148 Å². The molecule has 1 amide bonds. The van der Waals surface area contributed by atoms with E-state index in [1.54, 1.807) is 40.6 Å². The van der Waals surface area contributed by atoms with E-state index in [1.807, 2.05) is 30.0 Å². The van der Waals surface area contributed by atoms with Gasteiger partial charge in [0.05, 0.1) is 72.6 Å². The fraction of sp³-hybridized carbons (Fsp3) is 0.538. The van der Waals surface area contributed by atoms with Crippen LogP contribution in [0.1, 0.15) is 85.3 Å². The lowest BCUT2D eigenvalue weighted by Crippen LogP contribution is -2.48. The monoisotopic (exact) mass is 910 g/mol. The fourth-order valence-electron chi connectivity index (χ4n) is 10.9. The summed E-state index contributed by atoms with van der Waals surface area (Å²) < 4.78 is 53.6. The van der Waals surface area contributed by atoms with Crippen LogP contribution in [0, 0.1) is 17.8 Å². The van der Waals surface area contributed by atoms with Crippen molar-refractivity contribution in [3.05, 3.63) is 105 Å². The van der Waals surface area contributed by atoms with Crippen molar-refractivity contribution in [3.8, 4) is 23.0 Å². The lowest BCUT2D eigenvalue weighted by atomic mass is 9.72. The van der Waals surface area contributed by atoms with Crippen LogP contribution in [-0.4, -0.2) is 115 Å². The number of aliphatic hydroxyl groups is 1. The smallest absolute Gasteiger partial charge is 0.289 e. The molecule has 4 aliphatic heterocycles. The normalized spacial score (nSPS) is 23.8. The van der Waals surface area contributed by atoms with Crippen LogP contribution < -0.4 is 24.4 Å². The first kappa shape index (κ1) is 47.4. The molecule has 0 saturated carbocycles. The number of nitrogens with zero attached hydrogens (tertiary/aromatic N) is 2. The number of benzene rings is 3. The molecule has 4 aliphatic rings. The first-order valence-electron chi connectivity index (χ1n) is 23.6. The van der Waals surface area contributed by atoms with Crippen molar-refractivity contribution in [1.82, 2.24) is 9.80 Å². The summed E-state index contributed by atoms with van der Waals surface area (Å²) in [6.07, 6.45) is 7.13. The van der Waals surface area contributed by atoms with Crippen molar-refractivity contribution in [2.75, 3.05) is 87.7 Å². The van der Waals surface area contributed by atoms with E-state index in [0.717, 1.165) is 61.4 Å². The molecule has 4 aromatic rings. The van der Waals surface area contributed by atoms with Crippen LogP contribution in [0.4, 0.5) is 0 Å². The molecular formula is C52H66N2O12. The number of amides is 1. The van der Waals surface area contributed by atoms with Gasteiger partial charge in [-0.3, -0.25) is 14.5 Å². The summed E-state index contributed by atoms with van der Waals surface area (Å²) in [4.78, 5) is 34.5. The highest BCUT2D eigenvalue weighted by molar-refractivity contribution is 5.92. The average Bonchev–Trinajstić information content (AvgIpc) is 3.35. The van der Waals surface area contributed by atoms with Gasteiger partial charge < -0.3 is 52.3 Å². The molecule has 5 heterocycles. The predicted molar refractivity (Wildman–Crippen MR) is 248 cm³/mol. The zero-order valence-electron chi connectivity index (χ0n) is 39.3. The van der Waals surface area contributed by atoms with Gasteiger partial charge in [0.25, 0.3) is 5.91 Å². The third-order valence-corrected chi connectivity index (χ3v) is 14.3. The second-order valence-electron chi connectivity index (χ2n) is 17.7. The molecule has 1 aromatic heterocycles. The molecule has 66 heavy (non-hydrogen) atoms. The molecule has 1 fully saturated rings. The molecule has 0 aliphatic carbocycles. The molecular weight excluding hydrogens is 845 g/mol. The van der Waals surface area contributed by atoms with Gasteiger partial charge in [0.1, 0.15) is 5.58 Å². The largest absolute Gasteiger partial charge is 0.493 e. The summed E-state index contributed by atoms with van der Waals surface area (Å²) in [6.45, 7) is 8.03. The molecule has 3 aromatic carbocycles. The number of fused-ring (bicyclic) bond motifs is 5. The number of piperidine rings is 1. The second kappa shape index (κ2) is 21.7. The minimum absolute atomic E-state index is 0.0626. The molecule has 1 saturated heterocycles. The number of rotatable bonds is 19. The Hall–Kier alpha value is -5.12. The molecule has 0 radical (unpaired) electrons. The van der Waals surface area contributed by atoms with Gasteiger partial charge in [0.2, 0.25) is 6.29 Å². The van der Waals surface area contributed by atoms with Crippen molar-refractivity contribution in [2.24, 2.45) is 17.8 Å². The van der Waals surface area contributed by atoms with Crippen molar-refractivity contribution in [2.45, 2.75) is 76.7 Å². The molecule has 8 rings (SSSR count). The highest BCUT2D eigenvalue weighted by atomic mass is 16.7. The zero-order valence-corrected chi connectivity index (χ0v) is 39.3. The van der Waals surface area contributed by atoms with E-state index in [2.05, 4.69) is 36.1 Å². The van der Waals surface area contributed by atoms with Crippen LogP contribution in [-0.2, 0) is 36.6 Å². The minimum atomic E-state index is -0.861. The number of methoxy groups -OCH3 is 4. The molecule has 0 bridgehead atoms. The summed E-state index contributed by atoms with van der Waals surface area (Å²) in [5, 5.41) is 9.56. The summed E-state index contributed by atoms with van der Waals surface area (Å²) in [6, 6.07) is 15.5. The summed E-state index contributed by atoms with van der Waals surface area (Å²) in [5.74, 6) is 2.29. The van der Waals surface area contributed by atoms with Crippen molar-refractivity contribution >= 4 is 16.9 Å². The van der Waals surface area contributed by atoms with Gasteiger partial charge in [-0.25, -0.2) is 0 Å². The van der Waals surface area contributed by atoms with Gasteiger partial charge in [0.15, 0.2) is 34.2 Å². The summed E-state index contributed by atoms with van der Waals surface area (Å²) in [5.41, 5.74) is 5.44. The lowest BCUT2D eigenvalue weighted by Gasteiger charge is -2.49. The Morgan fingerprint density at radius 2 is 1.47 bits per heavy atom. The predicted octanol–water partition coefficient (Wildman–Crippen LogP) is 7.38. The van der Waals surface area contributed by atoms with E-state index in [9.17, 15) is 4.79 Å². The van der Waals surface area contributed by atoms with Crippen molar-refractivity contribution < 1.29 is 52.2 Å². The molecule has 0 spiro atoms. The van der Waals surface area contributed by atoms with Crippen LogP contribution in [0.5, 0.6) is 23.0 Å². The third kappa shape index (κ3) is 9.66. The van der Waals surface area contributed by atoms with E-state index in [4.69, 9.17) is 47.4 Å². The van der Waals surface area contributed by atoms with E-state index < -0.39 is 18.1 Å². The molecule has 356 valence electrons. The number of ether oxygens (including phenoxy) is 8. The number of para-hydroxylation sites is 1. The maximum absolute atomic E-state index is 15.5. The first-order valence-corrected chi connectivity index (χ1v) is 23.6. The number of allylic oxidation sites excluding steroid dienone is 1. The SMILES string of the molecule is CCO[C@H]1OC(C(=O)N2CCc3cc(OC)c(OC)cc3[C@H]2C[C@H]2C[C@H]3c4cc(OC)c(OC)cc4CCN3C[C@@H]2CC)=C[C@@H](c2coc3ccccc3c2=O)[C@@H]1CCOCCOCCO. The Morgan fingerprint density at radius 3 is 2.17 bits per heavy atom. The number of aliphatic hydroxyl groups excluding tert-OH is 1. The third-order valence-electron chi connectivity index (χ3n) is 14.3. The zero-order chi connectivity index (χ0) is 46.3. The maximum Gasteiger partial charge on any atom is 0.289 e. The minimum Gasteiger partial charge on any atom is -0.493 e. The number of carbonyl (C=O) groups excluding carboxylic acids is 1. The van der Waals surface area contributed by atoms with Crippen LogP contribution in [0.25, 0.3) is 11.0 Å². The van der Waals surface area contributed by atoms with E-state index in [1.165, 1.54) is 17.4 Å². The molecule has 14 heteroatoms. The molecule has 1 N–H and O–H groups in total. The van der Waals surface area contributed by atoms with Gasteiger partial charge in [0, 0.05) is 56.3 Å². The van der Waals surface area contributed by atoms with Gasteiger partial charge in [-0.1, -0.05) is 25.5 Å². The Bertz CT molecular complexity index is 2400. The van der Waals surface area contributed by atoms with Crippen molar-refractivity contribution in [1.29, 1.82) is 0 Å². The number of hydrogen-bond donors (Lipinski definition) is 1. The molecule has 7 atom stereocenters. The fourth-order valence-corrected chi connectivity index (χ4v) is 10.9. The lowest BCUT2D eigenvalue weighted by molar-refractivity contribution is -0.173. The van der Waals surface area contributed by atoms with E-state index in [-0.39, 0.29) is 48.3 Å². The van der Waals surface area contributed by atoms with E-state index >= 15 is 4.79 Å². The maximum atomic E-state index is 15.5. The second-order valence-corrected chi connectivity index (χ2v) is 17.7. The standard InChI is InChI=1S/C52H66N2O12/c1-7-32-30-53-16-13-33-25-45(58-3)47(60-5)27-38(33)42(53)23-35(32)24-43-39-28-48(61-6)46(59-4)26-34(39)14-17-54(43)51(57)49-29-40(41-31-65-44-12-10-9-11-37(44)50(41)56)36(52(66-49)64-8-2)15-19-62-21-22-63-20-18-55/h9-12,25-29,31-32,35-36,40,42-43,52,55H,7-8,13-24,30H2,1-6H3/t32-,35+,36-,40+,42-,43+,52-/m0/s1. The first-order chi connectivity index (χ1) is 32.2. The van der Waals surface area contributed by atoms with Gasteiger partial charge in [-0.05, 0) is 116 Å². The summed E-state index contributed by atoms with van der Waals surface area (Å²) >= 11 is 0.